The van der Waals surface area contributed by atoms with Gasteiger partial charge in [0.15, 0.2) is 0 Å². The van der Waals surface area contributed by atoms with E-state index in [-0.39, 0.29) is 56.2 Å². The van der Waals surface area contributed by atoms with Crippen LogP contribution < -0.4 is 10.9 Å². The van der Waals surface area contributed by atoms with Crippen LogP contribution in [0.15, 0.2) is 90.1 Å². The molecule has 0 atom stereocenters. The van der Waals surface area contributed by atoms with E-state index in [1.807, 2.05) is 49.4 Å². The molecule has 0 aliphatic carbocycles. The summed E-state index contributed by atoms with van der Waals surface area (Å²) in [6.07, 6.45) is 2.71. The highest BCUT2D eigenvalue weighted by Gasteiger charge is 2.23. The van der Waals surface area contributed by atoms with Gasteiger partial charge in [0, 0.05) is 37.4 Å². The topological polar surface area (TPSA) is 187 Å². The molecule has 0 bridgehead atoms. The van der Waals surface area contributed by atoms with Gasteiger partial charge in [-0.05, 0) is 91.4 Å². The zero-order chi connectivity index (χ0) is 38.3. The average Bonchev–Trinajstić information content (AvgIpc) is 3.12. The third kappa shape index (κ3) is 9.41. The number of aromatic nitrogens is 3. The number of carbonyl (C=O) groups excluding carboxylic acids is 2. The number of rotatable bonds is 12. The SMILES string of the molecule is Cc1c(NC(=O)c2ccc(CN(CCO)C(=O)O)cn2)cccc1-c1cccc(-c2ccn3c(=O)c(CN(CCO)C(=O)OC(C)(C)C)cnc3c2)c1. The highest BCUT2D eigenvalue weighted by Crippen LogP contribution is 2.32. The smallest absolute Gasteiger partial charge is 0.410 e. The molecule has 3 aromatic heterocycles. The summed E-state index contributed by atoms with van der Waals surface area (Å²) < 4.78 is 6.85. The maximum absolute atomic E-state index is 13.4. The maximum Gasteiger partial charge on any atom is 0.410 e. The molecule has 2 aromatic carbocycles. The molecule has 0 unspecified atom stereocenters. The van der Waals surface area contributed by atoms with Crippen LogP contribution in [-0.2, 0) is 17.8 Å². The van der Waals surface area contributed by atoms with Crippen LogP contribution in [0.4, 0.5) is 15.3 Å². The van der Waals surface area contributed by atoms with Gasteiger partial charge in [0.1, 0.15) is 16.9 Å². The van der Waals surface area contributed by atoms with Gasteiger partial charge in [-0.1, -0.05) is 36.4 Å². The van der Waals surface area contributed by atoms with Crippen molar-refractivity contribution in [1.82, 2.24) is 24.2 Å². The van der Waals surface area contributed by atoms with E-state index in [9.17, 15) is 29.4 Å². The van der Waals surface area contributed by atoms with Crippen molar-refractivity contribution in [3.63, 3.8) is 0 Å². The van der Waals surface area contributed by atoms with Crippen molar-refractivity contribution >= 4 is 29.4 Å². The predicted octanol–water partition coefficient (Wildman–Crippen LogP) is 5.19. The Kier molecular flexibility index (Phi) is 11.9. The van der Waals surface area contributed by atoms with Crippen LogP contribution in [0.1, 0.15) is 48.0 Å². The molecule has 14 nitrogen and oxygen atoms in total. The van der Waals surface area contributed by atoms with E-state index in [2.05, 4.69) is 15.3 Å². The van der Waals surface area contributed by atoms with Gasteiger partial charge in [0.25, 0.3) is 11.5 Å². The van der Waals surface area contributed by atoms with Crippen molar-refractivity contribution in [2.75, 3.05) is 31.6 Å². The summed E-state index contributed by atoms with van der Waals surface area (Å²) in [5, 5.41) is 30.8. The first kappa shape index (κ1) is 38.1. The van der Waals surface area contributed by atoms with E-state index in [1.165, 1.54) is 27.8 Å². The summed E-state index contributed by atoms with van der Waals surface area (Å²) in [5.41, 5.74) is 5.26. The first-order valence-corrected chi connectivity index (χ1v) is 16.9. The minimum absolute atomic E-state index is 0.00397. The van der Waals surface area contributed by atoms with E-state index in [4.69, 9.17) is 9.84 Å². The molecule has 0 fully saturated rings. The normalized spacial score (nSPS) is 11.3. The first-order valence-electron chi connectivity index (χ1n) is 16.9. The van der Waals surface area contributed by atoms with Crippen molar-refractivity contribution < 1.29 is 34.4 Å². The zero-order valence-electron chi connectivity index (χ0n) is 29.9. The standard InChI is InChI=1S/C39H42N6O8/c1-25-31(9-6-10-32(25)42-35(48)33-12-11-26(21-40-33)23-43(15-17-46)37(50)51)29-8-5-7-27(19-29)28-13-14-45-34(20-28)41-22-30(36(45)49)24-44(16-18-47)38(52)53-39(2,3)4/h5-14,19-22,46-47H,15-18,23-24H2,1-4H3,(H,42,48)(H,50,51). The Labute approximate surface area is 305 Å². The van der Waals surface area contributed by atoms with Gasteiger partial charge < -0.3 is 35.2 Å². The number of amides is 3. The summed E-state index contributed by atoms with van der Waals surface area (Å²) in [7, 11) is 0. The molecular formula is C39H42N6O8. The van der Waals surface area contributed by atoms with Gasteiger partial charge in [-0.25, -0.2) is 14.6 Å². The van der Waals surface area contributed by atoms with E-state index in [1.54, 1.807) is 45.2 Å². The number of nitrogens with zero attached hydrogens (tertiary/aromatic N) is 5. The summed E-state index contributed by atoms with van der Waals surface area (Å²) in [5.74, 6) is -0.427. The molecule has 0 aliphatic rings. The molecule has 0 spiro atoms. The number of ether oxygens (including phenoxy) is 1. The summed E-state index contributed by atoms with van der Waals surface area (Å²) in [4.78, 5) is 61.7. The monoisotopic (exact) mass is 722 g/mol. The highest BCUT2D eigenvalue weighted by molar-refractivity contribution is 6.03. The number of nitrogens with one attached hydrogen (secondary N) is 1. The fourth-order valence-electron chi connectivity index (χ4n) is 5.66. The van der Waals surface area contributed by atoms with Crippen LogP contribution >= 0.6 is 0 Å². The van der Waals surface area contributed by atoms with Crippen LogP contribution in [0.5, 0.6) is 0 Å². The Morgan fingerprint density at radius 3 is 2.23 bits per heavy atom. The summed E-state index contributed by atoms with van der Waals surface area (Å²) in [6, 6.07) is 20.2. The van der Waals surface area contributed by atoms with E-state index < -0.39 is 23.7 Å². The number of hydrogen-bond acceptors (Lipinski definition) is 9. The van der Waals surface area contributed by atoms with Gasteiger partial charge in [-0.3, -0.25) is 19.0 Å². The molecule has 3 amide bonds. The van der Waals surface area contributed by atoms with Crippen LogP contribution in [-0.4, -0.2) is 89.5 Å². The Hall–Kier alpha value is -6.12. The average molecular weight is 723 g/mol. The lowest BCUT2D eigenvalue weighted by atomic mass is 9.96. The molecule has 53 heavy (non-hydrogen) atoms. The first-order chi connectivity index (χ1) is 25.3. The number of anilines is 1. The Bertz CT molecular complexity index is 2180. The molecule has 0 saturated carbocycles. The molecule has 0 radical (unpaired) electrons. The van der Waals surface area contributed by atoms with Gasteiger partial charge in [-0.2, -0.15) is 0 Å². The fraction of sp³-hybridized carbons (Fsp3) is 0.282. The molecule has 14 heteroatoms. The van der Waals surface area contributed by atoms with Gasteiger partial charge in [-0.15, -0.1) is 0 Å². The molecule has 4 N–H and O–H groups in total. The molecule has 5 aromatic rings. The highest BCUT2D eigenvalue weighted by atomic mass is 16.6. The third-order valence-electron chi connectivity index (χ3n) is 8.32. The van der Waals surface area contributed by atoms with E-state index in [0.29, 0.717) is 16.9 Å². The summed E-state index contributed by atoms with van der Waals surface area (Å²) >= 11 is 0. The van der Waals surface area contributed by atoms with Gasteiger partial charge in [0.05, 0.1) is 31.9 Å². The number of aliphatic hydroxyl groups is 2. The van der Waals surface area contributed by atoms with Gasteiger partial charge >= 0.3 is 12.2 Å². The number of pyridine rings is 2. The second kappa shape index (κ2) is 16.5. The number of carbonyl (C=O) groups is 3. The van der Waals surface area contributed by atoms with Gasteiger partial charge in [0.2, 0.25) is 0 Å². The second-order valence-electron chi connectivity index (χ2n) is 13.4. The summed E-state index contributed by atoms with van der Waals surface area (Å²) in [6.45, 7) is 6.45. The second-order valence-corrected chi connectivity index (χ2v) is 13.4. The lowest BCUT2D eigenvalue weighted by molar-refractivity contribution is 0.0200. The molecule has 0 aliphatic heterocycles. The maximum atomic E-state index is 13.4. The largest absolute Gasteiger partial charge is 0.465 e. The van der Waals surface area contributed by atoms with Crippen molar-refractivity contribution in [1.29, 1.82) is 0 Å². The fourth-order valence-corrected chi connectivity index (χ4v) is 5.66. The minimum atomic E-state index is -1.16. The zero-order valence-corrected chi connectivity index (χ0v) is 29.9. The Balaban J connectivity index is 1.34. The molecule has 3 heterocycles. The quantitative estimate of drug-likeness (QED) is 0.134. The Morgan fingerprint density at radius 1 is 0.849 bits per heavy atom. The lowest BCUT2D eigenvalue weighted by Gasteiger charge is -2.26. The molecular weight excluding hydrogens is 680 g/mol. The molecule has 0 saturated heterocycles. The lowest BCUT2D eigenvalue weighted by Crippen LogP contribution is -2.39. The third-order valence-corrected chi connectivity index (χ3v) is 8.32. The van der Waals surface area contributed by atoms with Crippen molar-refractivity contribution in [2.24, 2.45) is 0 Å². The Morgan fingerprint density at radius 2 is 1.55 bits per heavy atom. The number of aliphatic hydroxyl groups excluding tert-OH is 2. The van der Waals surface area contributed by atoms with Crippen LogP contribution in [0.2, 0.25) is 0 Å². The molecule has 276 valence electrons. The number of carboxylic acid groups (broad SMARTS) is 1. The number of benzene rings is 2. The van der Waals surface area contributed by atoms with Crippen molar-refractivity contribution in [3.8, 4) is 22.3 Å². The molecule has 5 rings (SSSR count). The van der Waals surface area contributed by atoms with E-state index >= 15 is 0 Å². The van der Waals surface area contributed by atoms with Crippen LogP contribution in [0.25, 0.3) is 27.9 Å². The predicted molar refractivity (Wildman–Crippen MR) is 199 cm³/mol. The number of hydrogen-bond donors (Lipinski definition) is 4. The van der Waals surface area contributed by atoms with Crippen LogP contribution in [0, 0.1) is 6.92 Å². The number of fused-ring (bicyclic) bond motifs is 1. The van der Waals surface area contributed by atoms with Crippen LogP contribution in [0.3, 0.4) is 0 Å². The van der Waals surface area contributed by atoms with Crippen molar-refractivity contribution in [3.05, 3.63) is 118 Å². The van der Waals surface area contributed by atoms with Crippen molar-refractivity contribution in [2.45, 2.75) is 46.4 Å². The van der Waals surface area contributed by atoms with E-state index in [0.717, 1.165) is 32.7 Å². The minimum Gasteiger partial charge on any atom is -0.465 e.